The maximum atomic E-state index is 8.25. The number of hydrogen-bond donors (Lipinski definition) is 0. The largest absolute Gasteiger partial charge is 0.198 e. The first-order valence-electron chi connectivity index (χ1n) is 3.81. The van der Waals surface area contributed by atoms with Gasteiger partial charge in [0.25, 0.3) is 0 Å². The maximum Gasteiger partial charge on any atom is 0.0622 e. The van der Waals surface area contributed by atoms with Gasteiger partial charge in [-0.25, -0.2) is 0 Å². The summed E-state index contributed by atoms with van der Waals surface area (Å²) in [5.74, 6) is 6.06. The molecule has 1 rings (SSSR count). The molecule has 0 aliphatic carbocycles. The van der Waals surface area contributed by atoms with Gasteiger partial charge in [-0.3, -0.25) is 0 Å². The third-order valence-corrected chi connectivity index (χ3v) is 2.03. The molecule has 0 unspecified atom stereocenters. The smallest absolute Gasteiger partial charge is 0.0622 e. The third-order valence-electron chi connectivity index (χ3n) is 1.34. The molecule has 1 aromatic heterocycles. The normalized spacial score (nSPS) is 8.25. The van der Waals surface area contributed by atoms with Crippen LogP contribution in [0.3, 0.4) is 0 Å². The van der Waals surface area contributed by atoms with Crippen LogP contribution in [0.5, 0.6) is 0 Å². The molecule has 0 radical (unpaired) electrons. The van der Waals surface area contributed by atoms with Gasteiger partial charge >= 0.3 is 0 Å². The molecule has 0 N–H and O–H groups in total. The molecule has 0 bridgehead atoms. The highest BCUT2D eigenvalue weighted by Gasteiger charge is 1.83. The summed E-state index contributed by atoms with van der Waals surface area (Å²) in [6, 6.07) is 4.10. The molecule has 0 fully saturated rings. The maximum absolute atomic E-state index is 8.25. The Morgan fingerprint density at radius 3 is 3.00 bits per heavy atom. The zero-order valence-electron chi connectivity index (χ0n) is 6.71. The summed E-state index contributed by atoms with van der Waals surface area (Å²) in [5, 5.41) is 12.3. The number of rotatable bonds is 2. The van der Waals surface area contributed by atoms with Crippen LogP contribution in [0.2, 0.25) is 0 Å². The first kappa shape index (κ1) is 8.84. The predicted molar refractivity (Wildman–Crippen MR) is 50.7 cm³/mol. The van der Waals surface area contributed by atoms with Gasteiger partial charge in [-0.05, 0) is 17.9 Å². The highest BCUT2D eigenvalue weighted by Crippen LogP contribution is 2.03. The van der Waals surface area contributed by atoms with E-state index in [4.69, 9.17) is 5.26 Å². The summed E-state index contributed by atoms with van der Waals surface area (Å²) in [6.45, 7) is 0. The van der Waals surface area contributed by atoms with Crippen LogP contribution in [0, 0.1) is 23.2 Å². The van der Waals surface area contributed by atoms with Crippen molar-refractivity contribution < 1.29 is 0 Å². The Morgan fingerprint density at radius 2 is 2.33 bits per heavy atom. The van der Waals surface area contributed by atoms with E-state index in [1.807, 2.05) is 16.8 Å². The standard InChI is InChI=1S/C10H9NS/c11-7-4-2-1-3-5-10-6-8-12-9-10/h6,8-9H,1-2,4H2. The van der Waals surface area contributed by atoms with Gasteiger partial charge in [-0.1, -0.05) is 11.8 Å². The Bertz CT molecular complexity index is 308. The van der Waals surface area contributed by atoms with Crippen molar-refractivity contribution in [2.45, 2.75) is 19.3 Å². The van der Waals surface area contributed by atoms with Gasteiger partial charge in [-0.2, -0.15) is 16.6 Å². The van der Waals surface area contributed by atoms with Gasteiger partial charge in [0.2, 0.25) is 0 Å². The molecule has 0 aliphatic rings. The minimum Gasteiger partial charge on any atom is -0.198 e. The van der Waals surface area contributed by atoms with Crippen LogP contribution >= 0.6 is 11.3 Å². The molecule has 0 atom stereocenters. The molecule has 0 aliphatic heterocycles. The van der Waals surface area contributed by atoms with Gasteiger partial charge in [-0.15, -0.1) is 0 Å². The van der Waals surface area contributed by atoms with Crippen molar-refractivity contribution in [3.05, 3.63) is 22.4 Å². The first-order valence-corrected chi connectivity index (χ1v) is 4.76. The third kappa shape index (κ3) is 3.23. The van der Waals surface area contributed by atoms with Gasteiger partial charge in [0, 0.05) is 23.8 Å². The van der Waals surface area contributed by atoms with Crippen LogP contribution in [0.4, 0.5) is 0 Å². The van der Waals surface area contributed by atoms with Gasteiger partial charge < -0.3 is 0 Å². The highest BCUT2D eigenvalue weighted by atomic mass is 32.1. The summed E-state index contributed by atoms with van der Waals surface area (Å²) in [7, 11) is 0. The lowest BCUT2D eigenvalue weighted by Crippen LogP contribution is -1.69. The molecule has 60 valence electrons. The summed E-state index contributed by atoms with van der Waals surface area (Å²) < 4.78 is 0. The second kappa shape index (κ2) is 5.41. The van der Waals surface area contributed by atoms with Crippen LogP contribution < -0.4 is 0 Å². The van der Waals surface area contributed by atoms with E-state index >= 15 is 0 Å². The molecule has 1 heterocycles. The Morgan fingerprint density at radius 1 is 1.42 bits per heavy atom. The summed E-state index contributed by atoms with van der Waals surface area (Å²) in [4.78, 5) is 0. The number of nitriles is 1. The molecule has 0 saturated heterocycles. The molecular weight excluding hydrogens is 166 g/mol. The minimum absolute atomic E-state index is 0.609. The van der Waals surface area contributed by atoms with E-state index in [1.165, 1.54) is 0 Å². The Kier molecular flexibility index (Phi) is 3.98. The molecule has 1 nitrogen and oxygen atoms in total. The molecular formula is C10H9NS. The monoisotopic (exact) mass is 175 g/mol. The molecule has 0 amide bonds. The average Bonchev–Trinajstić information content (AvgIpc) is 2.57. The Balaban J connectivity index is 2.27. The van der Waals surface area contributed by atoms with Gasteiger partial charge in [0.05, 0.1) is 6.07 Å². The van der Waals surface area contributed by atoms with E-state index in [0.717, 1.165) is 18.4 Å². The van der Waals surface area contributed by atoms with E-state index in [0.29, 0.717) is 6.42 Å². The van der Waals surface area contributed by atoms with Crippen molar-refractivity contribution >= 4 is 11.3 Å². The highest BCUT2D eigenvalue weighted by molar-refractivity contribution is 7.08. The topological polar surface area (TPSA) is 23.8 Å². The van der Waals surface area contributed by atoms with Crippen LogP contribution in [-0.4, -0.2) is 0 Å². The van der Waals surface area contributed by atoms with Crippen LogP contribution in [-0.2, 0) is 0 Å². The molecule has 1 aromatic rings. The van der Waals surface area contributed by atoms with E-state index in [2.05, 4.69) is 17.9 Å². The summed E-state index contributed by atoms with van der Waals surface area (Å²) in [5.41, 5.74) is 1.08. The Hall–Kier alpha value is -1.25. The molecule has 0 spiro atoms. The SMILES string of the molecule is N#CCCCC#Cc1ccsc1. The van der Waals surface area contributed by atoms with E-state index in [9.17, 15) is 0 Å². The van der Waals surface area contributed by atoms with Crippen LogP contribution in [0.25, 0.3) is 0 Å². The molecule has 12 heavy (non-hydrogen) atoms. The lowest BCUT2D eigenvalue weighted by atomic mass is 10.2. The molecule has 0 saturated carbocycles. The van der Waals surface area contributed by atoms with E-state index < -0.39 is 0 Å². The van der Waals surface area contributed by atoms with Crippen molar-refractivity contribution in [2.24, 2.45) is 0 Å². The fraction of sp³-hybridized carbons (Fsp3) is 0.300. The van der Waals surface area contributed by atoms with Crippen molar-refractivity contribution in [3.63, 3.8) is 0 Å². The zero-order chi connectivity index (χ0) is 8.65. The second-order valence-corrected chi connectivity index (χ2v) is 3.11. The first-order chi connectivity index (χ1) is 5.93. The Labute approximate surface area is 76.7 Å². The minimum atomic E-state index is 0.609. The summed E-state index contributed by atoms with van der Waals surface area (Å²) in [6.07, 6.45) is 2.31. The van der Waals surface area contributed by atoms with Crippen molar-refractivity contribution in [1.29, 1.82) is 5.26 Å². The summed E-state index contributed by atoms with van der Waals surface area (Å²) >= 11 is 1.65. The lowest BCUT2D eigenvalue weighted by molar-refractivity contribution is 0.894. The predicted octanol–water partition coefficient (Wildman–Crippen LogP) is 2.79. The van der Waals surface area contributed by atoms with E-state index in [-0.39, 0.29) is 0 Å². The fourth-order valence-electron chi connectivity index (χ4n) is 0.756. The van der Waals surface area contributed by atoms with Gasteiger partial charge in [0.1, 0.15) is 0 Å². The van der Waals surface area contributed by atoms with Crippen molar-refractivity contribution in [3.8, 4) is 17.9 Å². The quantitative estimate of drug-likeness (QED) is 0.501. The average molecular weight is 175 g/mol. The molecule has 2 heteroatoms. The zero-order valence-corrected chi connectivity index (χ0v) is 7.53. The number of nitrogens with zero attached hydrogens (tertiary/aromatic N) is 1. The number of unbranched alkanes of at least 4 members (excludes halogenated alkanes) is 2. The lowest BCUT2D eigenvalue weighted by Gasteiger charge is -1.81. The van der Waals surface area contributed by atoms with Crippen LogP contribution in [0.1, 0.15) is 24.8 Å². The number of thiophene rings is 1. The van der Waals surface area contributed by atoms with Crippen LogP contribution in [0.15, 0.2) is 16.8 Å². The number of hydrogen-bond acceptors (Lipinski definition) is 2. The van der Waals surface area contributed by atoms with Crippen molar-refractivity contribution in [2.75, 3.05) is 0 Å². The second-order valence-electron chi connectivity index (χ2n) is 2.33. The fourth-order valence-corrected chi connectivity index (χ4v) is 1.34. The van der Waals surface area contributed by atoms with Gasteiger partial charge in [0.15, 0.2) is 0 Å². The van der Waals surface area contributed by atoms with E-state index in [1.54, 1.807) is 11.3 Å². The van der Waals surface area contributed by atoms with Crippen molar-refractivity contribution in [1.82, 2.24) is 0 Å². The molecule has 0 aromatic carbocycles.